The van der Waals surface area contributed by atoms with E-state index in [-0.39, 0.29) is 5.76 Å². The van der Waals surface area contributed by atoms with Crippen LogP contribution in [0.5, 0.6) is 0 Å². The number of esters is 1. The molecule has 1 aliphatic carbocycles. The third-order valence-electron chi connectivity index (χ3n) is 3.34. The predicted octanol–water partition coefficient (Wildman–Crippen LogP) is 1.66. The van der Waals surface area contributed by atoms with Gasteiger partial charge in [-0.25, -0.2) is 9.79 Å². The number of carbonyl (C=O) groups is 1. The maximum Gasteiger partial charge on any atom is 0.374 e. The lowest BCUT2D eigenvalue weighted by atomic mass is 9.85. The van der Waals surface area contributed by atoms with E-state index in [9.17, 15) is 4.79 Å². The fourth-order valence-electron chi connectivity index (χ4n) is 1.94. The number of furan rings is 1. The number of hydrogen-bond acceptors (Lipinski definition) is 4. The number of nitrogens with zero attached hydrogens (tertiary/aromatic N) is 1. The molecule has 1 aliphatic rings. The van der Waals surface area contributed by atoms with Crippen LogP contribution in [0.3, 0.4) is 0 Å². The lowest BCUT2D eigenvalue weighted by Gasteiger charge is -2.25. The monoisotopic (exact) mass is 279 g/mol. The lowest BCUT2D eigenvalue weighted by Crippen LogP contribution is -2.37. The normalized spacial score (nSPS) is 15.8. The van der Waals surface area contributed by atoms with Crippen LogP contribution in [0.2, 0.25) is 0 Å². The van der Waals surface area contributed by atoms with Gasteiger partial charge in [0.15, 0.2) is 5.96 Å². The van der Waals surface area contributed by atoms with Gasteiger partial charge in [0.25, 0.3) is 0 Å². The van der Waals surface area contributed by atoms with Gasteiger partial charge >= 0.3 is 5.97 Å². The predicted molar refractivity (Wildman–Crippen MR) is 75.3 cm³/mol. The van der Waals surface area contributed by atoms with Crippen molar-refractivity contribution in [1.82, 2.24) is 5.32 Å². The van der Waals surface area contributed by atoms with Gasteiger partial charge in [0.05, 0.1) is 6.61 Å². The summed E-state index contributed by atoms with van der Waals surface area (Å²) < 4.78 is 10.2. The fraction of sp³-hybridized carbons (Fsp3) is 0.571. The van der Waals surface area contributed by atoms with Crippen LogP contribution in [0.25, 0.3) is 0 Å². The molecular weight excluding hydrogens is 258 g/mol. The number of aliphatic imine (C=N–C) groups is 1. The summed E-state index contributed by atoms with van der Waals surface area (Å²) in [6.45, 7) is 3.26. The first kappa shape index (κ1) is 14.4. The Balaban J connectivity index is 1.78. The average molecular weight is 279 g/mol. The largest absolute Gasteiger partial charge is 0.460 e. The zero-order chi connectivity index (χ0) is 14.4. The molecular formula is C14H21N3O3. The molecule has 0 bridgehead atoms. The molecule has 1 aromatic rings. The number of nitrogens with two attached hydrogens (primary N) is 1. The Labute approximate surface area is 118 Å². The number of ether oxygens (including phenoxy) is 1. The molecule has 1 aromatic heterocycles. The molecule has 0 atom stereocenters. The van der Waals surface area contributed by atoms with Crippen molar-refractivity contribution in [2.24, 2.45) is 16.6 Å². The molecule has 6 heteroatoms. The van der Waals surface area contributed by atoms with Gasteiger partial charge in [-0.1, -0.05) is 6.42 Å². The first-order valence-corrected chi connectivity index (χ1v) is 6.98. The van der Waals surface area contributed by atoms with Gasteiger partial charge in [-0.05, 0) is 37.8 Å². The molecule has 0 saturated heterocycles. The van der Waals surface area contributed by atoms with Gasteiger partial charge in [0.1, 0.15) is 12.3 Å². The molecule has 0 aliphatic heterocycles. The number of carbonyl (C=O) groups excluding carboxylic acids is 1. The van der Waals surface area contributed by atoms with E-state index in [1.807, 2.05) is 0 Å². The van der Waals surface area contributed by atoms with Crippen LogP contribution in [0, 0.1) is 5.92 Å². The third kappa shape index (κ3) is 4.01. The first-order chi connectivity index (χ1) is 9.69. The number of guanidine groups is 1. The second-order valence-electron chi connectivity index (χ2n) is 4.87. The van der Waals surface area contributed by atoms with Crippen molar-refractivity contribution in [1.29, 1.82) is 0 Å². The fourth-order valence-corrected chi connectivity index (χ4v) is 1.94. The summed E-state index contributed by atoms with van der Waals surface area (Å²) in [6.07, 6.45) is 3.84. The molecule has 0 unspecified atom stereocenters. The van der Waals surface area contributed by atoms with E-state index in [2.05, 4.69) is 10.3 Å². The van der Waals surface area contributed by atoms with E-state index in [1.165, 1.54) is 19.3 Å². The Morgan fingerprint density at radius 3 is 3.00 bits per heavy atom. The van der Waals surface area contributed by atoms with Crippen molar-refractivity contribution in [3.05, 3.63) is 23.7 Å². The summed E-state index contributed by atoms with van der Waals surface area (Å²) >= 11 is 0. The van der Waals surface area contributed by atoms with Crippen molar-refractivity contribution >= 4 is 11.9 Å². The second kappa shape index (κ2) is 6.98. The summed E-state index contributed by atoms with van der Waals surface area (Å²) in [4.78, 5) is 15.6. The Hall–Kier alpha value is -1.98. The molecule has 0 radical (unpaired) electrons. The minimum Gasteiger partial charge on any atom is -0.460 e. The SMILES string of the molecule is CCOC(=O)c1ccc(CN=C(N)NCC2CCC2)o1. The maximum absolute atomic E-state index is 11.4. The molecule has 6 nitrogen and oxygen atoms in total. The number of nitrogens with one attached hydrogen (secondary N) is 1. The highest BCUT2D eigenvalue weighted by molar-refractivity contribution is 5.86. The van der Waals surface area contributed by atoms with Crippen molar-refractivity contribution in [3.8, 4) is 0 Å². The van der Waals surface area contributed by atoms with E-state index < -0.39 is 5.97 Å². The molecule has 20 heavy (non-hydrogen) atoms. The van der Waals surface area contributed by atoms with Crippen LogP contribution >= 0.6 is 0 Å². The summed E-state index contributed by atoms with van der Waals surface area (Å²) in [6, 6.07) is 3.29. The van der Waals surface area contributed by atoms with E-state index in [0.29, 0.717) is 24.9 Å². The van der Waals surface area contributed by atoms with Crippen LogP contribution < -0.4 is 11.1 Å². The average Bonchev–Trinajstić information content (AvgIpc) is 2.83. The zero-order valence-electron chi connectivity index (χ0n) is 11.7. The summed E-state index contributed by atoms with van der Waals surface area (Å²) in [5, 5.41) is 3.10. The highest BCUT2D eigenvalue weighted by atomic mass is 16.5. The molecule has 3 N–H and O–H groups in total. The molecule has 0 aromatic carbocycles. The van der Waals surface area contributed by atoms with E-state index in [4.69, 9.17) is 14.9 Å². The molecule has 1 heterocycles. The Morgan fingerprint density at radius 2 is 2.35 bits per heavy atom. The quantitative estimate of drug-likeness (QED) is 0.469. The molecule has 1 saturated carbocycles. The highest BCUT2D eigenvalue weighted by Crippen LogP contribution is 2.24. The first-order valence-electron chi connectivity index (χ1n) is 6.98. The number of rotatable bonds is 6. The second-order valence-corrected chi connectivity index (χ2v) is 4.87. The Bertz CT molecular complexity index is 478. The Morgan fingerprint density at radius 1 is 1.55 bits per heavy atom. The molecule has 0 amide bonds. The van der Waals surface area contributed by atoms with Gasteiger partial charge in [0, 0.05) is 6.54 Å². The summed E-state index contributed by atoms with van der Waals surface area (Å²) in [5.41, 5.74) is 5.77. The van der Waals surface area contributed by atoms with Gasteiger partial charge in [-0.2, -0.15) is 0 Å². The van der Waals surface area contributed by atoms with E-state index in [1.54, 1.807) is 19.1 Å². The van der Waals surface area contributed by atoms with Crippen LogP contribution in [0.4, 0.5) is 0 Å². The van der Waals surface area contributed by atoms with Gasteiger partial charge in [0.2, 0.25) is 5.76 Å². The zero-order valence-corrected chi connectivity index (χ0v) is 11.7. The lowest BCUT2D eigenvalue weighted by molar-refractivity contribution is 0.0488. The standard InChI is InChI=1S/C14H21N3O3/c1-2-19-13(18)12-7-6-11(20-12)9-17-14(15)16-8-10-4-3-5-10/h6-7,10H,2-5,8-9H2,1H3,(H3,15,16,17). The summed E-state index contributed by atoms with van der Waals surface area (Å²) in [5.74, 6) is 1.45. The molecule has 0 spiro atoms. The van der Waals surface area contributed by atoms with Crippen LogP contribution in [-0.4, -0.2) is 25.1 Å². The topological polar surface area (TPSA) is 89.8 Å². The van der Waals surface area contributed by atoms with Gasteiger partial charge < -0.3 is 20.2 Å². The smallest absolute Gasteiger partial charge is 0.374 e. The van der Waals surface area contributed by atoms with Crippen LogP contribution in [-0.2, 0) is 11.3 Å². The van der Waals surface area contributed by atoms with E-state index in [0.717, 1.165) is 12.5 Å². The maximum atomic E-state index is 11.4. The van der Waals surface area contributed by atoms with Crippen molar-refractivity contribution < 1.29 is 13.9 Å². The third-order valence-corrected chi connectivity index (χ3v) is 3.34. The van der Waals surface area contributed by atoms with Crippen molar-refractivity contribution in [3.63, 3.8) is 0 Å². The minimum atomic E-state index is -0.459. The van der Waals surface area contributed by atoms with Crippen LogP contribution in [0.15, 0.2) is 21.5 Å². The highest BCUT2D eigenvalue weighted by Gasteiger charge is 2.16. The molecule has 2 rings (SSSR count). The van der Waals surface area contributed by atoms with E-state index >= 15 is 0 Å². The van der Waals surface area contributed by atoms with Crippen molar-refractivity contribution in [2.75, 3.05) is 13.2 Å². The Kier molecular flexibility index (Phi) is 5.03. The molecule has 110 valence electrons. The van der Waals surface area contributed by atoms with Gasteiger partial charge in [-0.3, -0.25) is 0 Å². The molecule has 1 fully saturated rings. The number of hydrogen-bond donors (Lipinski definition) is 2. The minimum absolute atomic E-state index is 0.193. The van der Waals surface area contributed by atoms with Crippen molar-refractivity contribution in [2.45, 2.75) is 32.7 Å². The van der Waals surface area contributed by atoms with Gasteiger partial charge in [-0.15, -0.1) is 0 Å². The summed E-state index contributed by atoms with van der Waals surface area (Å²) in [7, 11) is 0. The van der Waals surface area contributed by atoms with Crippen LogP contribution in [0.1, 0.15) is 42.5 Å².